The summed E-state index contributed by atoms with van der Waals surface area (Å²) < 4.78 is 46.4. The summed E-state index contributed by atoms with van der Waals surface area (Å²) >= 11 is 0. The lowest BCUT2D eigenvalue weighted by Gasteiger charge is -2.15. The molecule has 4 rings (SSSR count). The van der Waals surface area contributed by atoms with Gasteiger partial charge in [-0.3, -0.25) is 4.98 Å². The lowest BCUT2D eigenvalue weighted by molar-refractivity contribution is -0.136. The Bertz CT molecular complexity index is 1230. The van der Waals surface area contributed by atoms with Crippen LogP contribution in [0.25, 0.3) is 22.0 Å². The third-order valence-corrected chi connectivity index (χ3v) is 5.34. The first-order chi connectivity index (χ1) is 15.4. The van der Waals surface area contributed by atoms with Gasteiger partial charge in [0.25, 0.3) is 0 Å². The highest BCUT2D eigenvalue weighted by atomic mass is 19.4. The molecule has 0 saturated heterocycles. The monoisotopic (exact) mass is 437 g/mol. The molecule has 32 heavy (non-hydrogen) atoms. The van der Waals surface area contributed by atoms with Crippen LogP contribution < -0.4 is 4.74 Å². The molecule has 1 heterocycles. The number of nitrogens with zero attached hydrogens (tertiary/aromatic N) is 1. The molecule has 3 aromatic carbocycles. The van der Waals surface area contributed by atoms with Crippen molar-refractivity contribution in [2.45, 2.75) is 26.1 Å². The zero-order chi connectivity index (χ0) is 22.7. The summed E-state index contributed by atoms with van der Waals surface area (Å²) in [5, 5.41) is 9.47. The van der Waals surface area contributed by atoms with Gasteiger partial charge in [0.05, 0.1) is 11.1 Å². The number of alkyl halides is 3. The number of aromatic nitrogens is 1. The van der Waals surface area contributed by atoms with Crippen molar-refractivity contribution in [1.82, 2.24) is 4.98 Å². The third-order valence-electron chi connectivity index (χ3n) is 5.34. The van der Waals surface area contributed by atoms with Crippen molar-refractivity contribution in [2.75, 3.05) is 6.61 Å². The summed E-state index contributed by atoms with van der Waals surface area (Å²) in [5.74, 6) is 0.623. The van der Waals surface area contributed by atoms with E-state index in [0.717, 1.165) is 28.3 Å². The fourth-order valence-corrected chi connectivity index (χ4v) is 3.77. The lowest BCUT2D eigenvalue weighted by Crippen LogP contribution is -2.07. The zero-order valence-electron chi connectivity index (χ0n) is 17.5. The van der Waals surface area contributed by atoms with Gasteiger partial charge in [0.1, 0.15) is 12.4 Å². The van der Waals surface area contributed by atoms with E-state index in [1.165, 1.54) is 12.3 Å². The summed E-state index contributed by atoms with van der Waals surface area (Å²) in [5.41, 5.74) is 3.50. The molecular weight excluding hydrogens is 415 g/mol. The van der Waals surface area contributed by atoms with Crippen LogP contribution in [-0.4, -0.2) is 16.7 Å². The van der Waals surface area contributed by atoms with E-state index in [0.29, 0.717) is 29.7 Å². The Hall–Kier alpha value is -3.38. The van der Waals surface area contributed by atoms with Crippen molar-refractivity contribution in [3.8, 4) is 16.9 Å². The molecule has 0 radical (unpaired) electrons. The first kappa shape index (κ1) is 21.8. The minimum atomic E-state index is -4.48. The zero-order valence-corrected chi connectivity index (χ0v) is 17.5. The van der Waals surface area contributed by atoms with E-state index >= 15 is 0 Å². The fraction of sp³-hybridized carbons (Fsp3) is 0.192. The highest BCUT2D eigenvalue weighted by Crippen LogP contribution is 2.38. The maximum absolute atomic E-state index is 13.5. The van der Waals surface area contributed by atoms with E-state index < -0.39 is 11.7 Å². The second-order valence-electron chi connectivity index (χ2n) is 7.62. The van der Waals surface area contributed by atoms with Gasteiger partial charge in [0, 0.05) is 18.2 Å². The van der Waals surface area contributed by atoms with Gasteiger partial charge in [-0.2, -0.15) is 13.2 Å². The molecule has 0 aliphatic carbocycles. The standard InChI is InChI=1S/C26H22F3NO2/c1-17-15-30-25-22(6-3-7-23(25)26(27,28)29)24(17)20-4-2-5-21(14-20)32-16-19-10-8-18(9-11-19)12-13-31/h2-11,14-15,31H,12-13,16H2,1H3. The molecule has 0 bridgehead atoms. The minimum absolute atomic E-state index is 0.0603. The van der Waals surface area contributed by atoms with Crippen molar-refractivity contribution in [3.05, 3.63) is 95.2 Å². The van der Waals surface area contributed by atoms with E-state index in [9.17, 15) is 13.2 Å². The smallest absolute Gasteiger partial charge is 0.418 e. The second kappa shape index (κ2) is 9.01. The third kappa shape index (κ3) is 4.60. The Kier molecular flexibility index (Phi) is 6.15. The number of benzene rings is 3. The molecule has 0 unspecified atom stereocenters. The Morgan fingerprint density at radius 1 is 0.938 bits per heavy atom. The summed E-state index contributed by atoms with van der Waals surface area (Å²) in [4.78, 5) is 4.09. The number of pyridine rings is 1. The highest BCUT2D eigenvalue weighted by molar-refractivity contribution is 5.97. The molecule has 6 heteroatoms. The van der Waals surface area contributed by atoms with Crippen molar-refractivity contribution >= 4 is 10.9 Å². The van der Waals surface area contributed by atoms with Crippen LogP contribution in [0.4, 0.5) is 13.2 Å². The summed E-state index contributed by atoms with van der Waals surface area (Å²) in [6.07, 6.45) is -2.39. The number of aliphatic hydroxyl groups is 1. The molecule has 1 N–H and O–H groups in total. The first-order valence-corrected chi connectivity index (χ1v) is 10.2. The summed E-state index contributed by atoms with van der Waals surface area (Å²) in [6.45, 7) is 2.30. The molecule has 3 nitrogen and oxygen atoms in total. The number of aryl methyl sites for hydroxylation is 1. The van der Waals surface area contributed by atoms with Crippen LogP contribution in [0, 0.1) is 6.92 Å². The molecule has 0 fully saturated rings. The minimum Gasteiger partial charge on any atom is -0.489 e. The van der Waals surface area contributed by atoms with E-state index in [4.69, 9.17) is 9.84 Å². The highest BCUT2D eigenvalue weighted by Gasteiger charge is 2.33. The normalized spacial score (nSPS) is 11.7. The van der Waals surface area contributed by atoms with Gasteiger partial charge in [0.2, 0.25) is 0 Å². The van der Waals surface area contributed by atoms with Gasteiger partial charge in [-0.15, -0.1) is 0 Å². The maximum atomic E-state index is 13.5. The molecule has 1 aromatic heterocycles. The number of aliphatic hydroxyl groups excluding tert-OH is 1. The van der Waals surface area contributed by atoms with Gasteiger partial charge >= 0.3 is 6.18 Å². The Balaban J connectivity index is 1.65. The van der Waals surface area contributed by atoms with Crippen molar-refractivity contribution in [2.24, 2.45) is 0 Å². The van der Waals surface area contributed by atoms with Gasteiger partial charge < -0.3 is 9.84 Å². The van der Waals surface area contributed by atoms with Crippen LogP contribution in [0.15, 0.2) is 72.9 Å². The number of hydrogen-bond acceptors (Lipinski definition) is 3. The molecule has 0 spiro atoms. The quantitative estimate of drug-likeness (QED) is 0.383. The Morgan fingerprint density at radius 2 is 1.66 bits per heavy atom. The average molecular weight is 437 g/mol. The SMILES string of the molecule is Cc1cnc2c(C(F)(F)F)cccc2c1-c1cccc(OCc2ccc(CCO)cc2)c1. The molecule has 0 atom stereocenters. The van der Waals surface area contributed by atoms with Crippen LogP contribution in [0.5, 0.6) is 5.75 Å². The topological polar surface area (TPSA) is 42.4 Å². The molecular formula is C26H22F3NO2. The van der Waals surface area contributed by atoms with Crippen LogP contribution in [-0.2, 0) is 19.2 Å². The lowest BCUT2D eigenvalue weighted by atomic mass is 9.95. The van der Waals surface area contributed by atoms with Crippen molar-refractivity contribution in [3.63, 3.8) is 0 Å². The predicted octanol–water partition coefficient (Wildman–Crippen LogP) is 6.34. The average Bonchev–Trinajstić information content (AvgIpc) is 2.78. The number of fused-ring (bicyclic) bond motifs is 1. The predicted molar refractivity (Wildman–Crippen MR) is 118 cm³/mol. The number of ether oxygens (including phenoxy) is 1. The van der Waals surface area contributed by atoms with Crippen LogP contribution >= 0.6 is 0 Å². The van der Waals surface area contributed by atoms with E-state index in [1.807, 2.05) is 55.5 Å². The fourth-order valence-electron chi connectivity index (χ4n) is 3.77. The number of halogens is 3. The molecule has 0 aliphatic rings. The molecule has 0 saturated carbocycles. The van der Waals surface area contributed by atoms with Gasteiger partial charge in [-0.05, 0) is 59.4 Å². The summed E-state index contributed by atoms with van der Waals surface area (Å²) in [7, 11) is 0. The van der Waals surface area contributed by atoms with Crippen molar-refractivity contribution in [1.29, 1.82) is 0 Å². The van der Waals surface area contributed by atoms with Gasteiger partial charge in [-0.1, -0.05) is 48.5 Å². The Morgan fingerprint density at radius 3 is 2.38 bits per heavy atom. The number of para-hydroxylation sites is 1. The second-order valence-corrected chi connectivity index (χ2v) is 7.62. The molecule has 0 aliphatic heterocycles. The number of hydrogen-bond donors (Lipinski definition) is 1. The van der Waals surface area contributed by atoms with Crippen molar-refractivity contribution < 1.29 is 23.0 Å². The van der Waals surface area contributed by atoms with E-state index in [1.54, 1.807) is 6.07 Å². The first-order valence-electron chi connectivity index (χ1n) is 10.2. The van der Waals surface area contributed by atoms with Crippen LogP contribution in [0.3, 0.4) is 0 Å². The Labute approximate surface area is 184 Å². The molecule has 0 amide bonds. The maximum Gasteiger partial charge on any atom is 0.418 e. The van der Waals surface area contributed by atoms with E-state index in [-0.39, 0.29) is 12.1 Å². The number of rotatable bonds is 6. The van der Waals surface area contributed by atoms with Crippen LogP contribution in [0.1, 0.15) is 22.3 Å². The molecule has 4 aromatic rings. The summed E-state index contributed by atoms with van der Waals surface area (Å²) in [6, 6.07) is 19.3. The van der Waals surface area contributed by atoms with Gasteiger partial charge in [-0.25, -0.2) is 0 Å². The largest absolute Gasteiger partial charge is 0.489 e. The molecule has 164 valence electrons. The van der Waals surface area contributed by atoms with Gasteiger partial charge in [0.15, 0.2) is 0 Å². The van der Waals surface area contributed by atoms with Crippen LogP contribution in [0.2, 0.25) is 0 Å². The van der Waals surface area contributed by atoms with E-state index in [2.05, 4.69) is 4.98 Å².